The number of aromatic nitrogens is 1. The van der Waals surface area contributed by atoms with Crippen LogP contribution in [0.3, 0.4) is 0 Å². The van der Waals surface area contributed by atoms with Crippen LogP contribution in [0.15, 0.2) is 47.0 Å². The summed E-state index contributed by atoms with van der Waals surface area (Å²) in [4.78, 5) is 14.4. The summed E-state index contributed by atoms with van der Waals surface area (Å²) in [7, 11) is 0. The lowest BCUT2D eigenvalue weighted by atomic mass is 10.1. The van der Waals surface area contributed by atoms with Crippen LogP contribution in [-0.2, 0) is 16.0 Å². The van der Waals surface area contributed by atoms with E-state index in [2.05, 4.69) is 5.16 Å². The first-order valence-corrected chi connectivity index (χ1v) is 8.67. The fourth-order valence-electron chi connectivity index (χ4n) is 3.15. The fourth-order valence-corrected chi connectivity index (χ4v) is 3.44. The van der Waals surface area contributed by atoms with Crippen LogP contribution in [0.4, 0.5) is 4.39 Å². The van der Waals surface area contributed by atoms with Crippen molar-refractivity contribution in [2.24, 2.45) is 0 Å². The lowest BCUT2D eigenvalue weighted by Crippen LogP contribution is -2.43. The second kappa shape index (κ2) is 7.05. The molecule has 0 N–H and O–H groups in total. The van der Waals surface area contributed by atoms with Gasteiger partial charge in [0.1, 0.15) is 17.6 Å². The molecular weight excluding hydrogens is 359 g/mol. The maximum absolute atomic E-state index is 13.3. The molecule has 26 heavy (non-hydrogen) atoms. The molecule has 1 amide bonds. The first kappa shape index (κ1) is 17.0. The van der Waals surface area contributed by atoms with Gasteiger partial charge in [0.25, 0.3) is 0 Å². The smallest absolute Gasteiger partial charge is 0.228 e. The molecule has 0 radical (unpaired) electrons. The number of hydrogen-bond donors (Lipinski definition) is 0. The van der Waals surface area contributed by atoms with Crippen molar-refractivity contribution in [1.29, 1.82) is 0 Å². The highest BCUT2D eigenvalue weighted by Gasteiger charge is 2.27. The minimum Gasteiger partial charge on any atom is -0.370 e. The van der Waals surface area contributed by atoms with Gasteiger partial charge in [-0.25, -0.2) is 4.39 Å². The maximum Gasteiger partial charge on any atom is 0.228 e. The molecule has 1 unspecified atom stereocenters. The molecule has 2 aromatic carbocycles. The molecule has 4 rings (SSSR count). The Kier molecular flexibility index (Phi) is 4.61. The van der Waals surface area contributed by atoms with Gasteiger partial charge in [-0.1, -0.05) is 35.0 Å². The van der Waals surface area contributed by atoms with Crippen molar-refractivity contribution < 1.29 is 18.4 Å². The van der Waals surface area contributed by atoms with E-state index in [0.29, 0.717) is 41.6 Å². The summed E-state index contributed by atoms with van der Waals surface area (Å²) in [5.74, 6) is -0.462. The van der Waals surface area contributed by atoms with E-state index in [1.165, 1.54) is 12.1 Å². The molecule has 7 heteroatoms. The first-order chi connectivity index (χ1) is 12.6. The molecule has 1 aromatic heterocycles. The van der Waals surface area contributed by atoms with Gasteiger partial charge < -0.3 is 14.2 Å². The minimum absolute atomic E-state index is 0.0596. The Hall–Kier alpha value is -2.44. The molecule has 1 atom stereocenters. The maximum atomic E-state index is 13.3. The lowest BCUT2D eigenvalue weighted by Gasteiger charge is -2.33. The highest BCUT2D eigenvalue weighted by molar-refractivity contribution is 6.31. The number of hydrogen-bond acceptors (Lipinski definition) is 4. The van der Waals surface area contributed by atoms with Crippen LogP contribution in [0.2, 0.25) is 5.02 Å². The van der Waals surface area contributed by atoms with Crippen molar-refractivity contribution in [3.63, 3.8) is 0 Å². The highest BCUT2D eigenvalue weighted by Crippen LogP contribution is 2.29. The molecule has 3 aromatic rings. The van der Waals surface area contributed by atoms with Crippen molar-refractivity contribution in [3.8, 4) is 0 Å². The van der Waals surface area contributed by atoms with Crippen LogP contribution in [-0.4, -0.2) is 35.7 Å². The van der Waals surface area contributed by atoms with Crippen molar-refractivity contribution in [3.05, 3.63) is 64.6 Å². The predicted octanol–water partition coefficient (Wildman–Crippen LogP) is 3.76. The van der Waals surface area contributed by atoms with Crippen molar-refractivity contribution in [1.82, 2.24) is 10.1 Å². The van der Waals surface area contributed by atoms with Crippen LogP contribution in [0, 0.1) is 5.82 Å². The fraction of sp³-hybridized carbons (Fsp3) is 0.263. The second-order valence-corrected chi connectivity index (χ2v) is 6.57. The van der Waals surface area contributed by atoms with Gasteiger partial charge in [-0.3, -0.25) is 4.79 Å². The monoisotopic (exact) mass is 374 g/mol. The molecule has 0 saturated carbocycles. The third kappa shape index (κ3) is 3.30. The van der Waals surface area contributed by atoms with Gasteiger partial charge in [-0.05, 0) is 24.3 Å². The van der Waals surface area contributed by atoms with Crippen LogP contribution in [0.25, 0.3) is 11.0 Å². The van der Waals surface area contributed by atoms with E-state index in [0.717, 1.165) is 5.39 Å². The summed E-state index contributed by atoms with van der Waals surface area (Å²) >= 11 is 6.12. The Morgan fingerprint density at radius 3 is 3.00 bits per heavy atom. The summed E-state index contributed by atoms with van der Waals surface area (Å²) in [5, 5.41) is 5.15. The average Bonchev–Trinajstić information content (AvgIpc) is 3.05. The number of para-hydroxylation sites is 1. The minimum atomic E-state index is -0.402. The number of fused-ring (bicyclic) bond motifs is 1. The Balaban J connectivity index is 1.49. The van der Waals surface area contributed by atoms with Crippen molar-refractivity contribution in [2.75, 3.05) is 19.7 Å². The van der Waals surface area contributed by atoms with Crippen molar-refractivity contribution >= 4 is 28.5 Å². The van der Waals surface area contributed by atoms with Gasteiger partial charge in [0, 0.05) is 22.5 Å². The predicted molar refractivity (Wildman–Crippen MR) is 94.4 cm³/mol. The van der Waals surface area contributed by atoms with Gasteiger partial charge >= 0.3 is 0 Å². The SMILES string of the molecule is O=C(Cc1noc2ccccc12)N1CCOC(c2ccc(F)cc2Cl)C1. The number of carbonyl (C=O) groups is 1. The van der Waals surface area contributed by atoms with E-state index < -0.39 is 5.82 Å². The average molecular weight is 375 g/mol. The number of amides is 1. The summed E-state index contributed by atoms with van der Waals surface area (Å²) < 4.78 is 24.2. The first-order valence-electron chi connectivity index (χ1n) is 8.29. The Morgan fingerprint density at radius 1 is 1.31 bits per heavy atom. The zero-order chi connectivity index (χ0) is 18.1. The summed E-state index contributed by atoms with van der Waals surface area (Å²) in [6.07, 6.45) is -0.226. The van der Waals surface area contributed by atoms with Gasteiger partial charge in [-0.2, -0.15) is 0 Å². The Bertz CT molecular complexity index is 959. The standard InChI is InChI=1S/C19H16ClFN2O3/c20-15-9-12(21)5-6-13(15)18-11-23(7-8-25-18)19(24)10-16-14-3-1-2-4-17(14)26-22-16/h1-6,9,18H,7-8,10-11H2. The molecule has 1 fully saturated rings. The molecule has 1 aliphatic heterocycles. The topological polar surface area (TPSA) is 55.6 Å². The largest absolute Gasteiger partial charge is 0.370 e. The van der Waals surface area contributed by atoms with Gasteiger partial charge in [0.2, 0.25) is 5.91 Å². The molecule has 134 valence electrons. The van der Waals surface area contributed by atoms with E-state index in [1.54, 1.807) is 11.0 Å². The number of carbonyl (C=O) groups excluding carboxylic acids is 1. The third-order valence-corrected chi connectivity index (χ3v) is 4.83. The van der Waals surface area contributed by atoms with Gasteiger partial charge in [-0.15, -0.1) is 0 Å². The third-order valence-electron chi connectivity index (χ3n) is 4.50. The number of halogens is 2. The number of benzene rings is 2. The molecular formula is C19H16ClFN2O3. The Morgan fingerprint density at radius 2 is 2.15 bits per heavy atom. The number of rotatable bonds is 3. The van der Waals surface area contributed by atoms with Gasteiger partial charge in [0.05, 0.1) is 19.6 Å². The molecule has 0 aliphatic carbocycles. The van der Waals surface area contributed by atoms with E-state index in [9.17, 15) is 9.18 Å². The summed E-state index contributed by atoms with van der Waals surface area (Å²) in [5.41, 5.74) is 1.96. The van der Waals surface area contributed by atoms with E-state index >= 15 is 0 Å². The van der Waals surface area contributed by atoms with Crippen LogP contribution in [0.5, 0.6) is 0 Å². The zero-order valence-corrected chi connectivity index (χ0v) is 14.6. The van der Waals surface area contributed by atoms with E-state index in [1.807, 2.05) is 24.3 Å². The Labute approximate surface area is 154 Å². The number of nitrogens with zero attached hydrogens (tertiary/aromatic N) is 2. The van der Waals surface area contributed by atoms with Crippen LogP contribution in [0.1, 0.15) is 17.4 Å². The molecule has 0 spiro atoms. The van der Waals surface area contributed by atoms with Gasteiger partial charge in [0.15, 0.2) is 5.58 Å². The van der Waals surface area contributed by atoms with Crippen molar-refractivity contribution in [2.45, 2.75) is 12.5 Å². The summed E-state index contributed by atoms with van der Waals surface area (Å²) in [6, 6.07) is 11.6. The zero-order valence-electron chi connectivity index (χ0n) is 13.8. The normalized spacial score (nSPS) is 17.6. The van der Waals surface area contributed by atoms with E-state index in [4.69, 9.17) is 20.9 Å². The second-order valence-electron chi connectivity index (χ2n) is 6.17. The van der Waals surface area contributed by atoms with Crippen LogP contribution >= 0.6 is 11.6 Å². The quantitative estimate of drug-likeness (QED) is 0.700. The lowest BCUT2D eigenvalue weighted by molar-refractivity contribution is -0.138. The highest BCUT2D eigenvalue weighted by atomic mass is 35.5. The molecule has 0 bridgehead atoms. The van der Waals surface area contributed by atoms with Crippen LogP contribution < -0.4 is 0 Å². The molecule has 5 nitrogen and oxygen atoms in total. The summed E-state index contributed by atoms with van der Waals surface area (Å²) in [6.45, 7) is 1.24. The number of morpholine rings is 1. The number of ether oxygens (including phenoxy) is 1. The molecule has 2 heterocycles. The van der Waals surface area contributed by atoms with E-state index in [-0.39, 0.29) is 18.4 Å². The molecule has 1 aliphatic rings. The molecule has 1 saturated heterocycles.